The van der Waals surface area contributed by atoms with Crippen LogP contribution in [0.1, 0.15) is 13.3 Å². The Bertz CT molecular complexity index is 214. The van der Waals surface area contributed by atoms with Gasteiger partial charge in [-0.15, -0.1) is 0 Å². The zero-order valence-corrected chi connectivity index (χ0v) is 10.2. The molecule has 0 spiro atoms. The van der Waals surface area contributed by atoms with Gasteiger partial charge < -0.3 is 14.4 Å². The minimum Gasteiger partial charge on any atom is -0.746 e. The van der Waals surface area contributed by atoms with Gasteiger partial charge in [0.05, 0.1) is 6.61 Å². The normalized spacial score (nSPS) is 16.3. The summed E-state index contributed by atoms with van der Waals surface area (Å²) in [4.78, 5) is -2.28. The predicted octanol–water partition coefficient (Wildman–Crippen LogP) is -3.72. The number of hydrogen-bond donors (Lipinski definition) is 1. The Balaban J connectivity index is 0. The van der Waals surface area contributed by atoms with E-state index in [4.69, 9.17) is 5.11 Å². The topological polar surface area (TPSA) is 86.7 Å². The summed E-state index contributed by atoms with van der Waals surface area (Å²) in [6.07, 6.45) is -0.174. The predicted molar refractivity (Wildman–Crippen MR) is 36.8 cm³/mol. The van der Waals surface area contributed by atoms with Crippen molar-refractivity contribution < 1.29 is 52.4 Å². The van der Waals surface area contributed by atoms with E-state index in [-0.39, 0.29) is 36.0 Å². The van der Waals surface area contributed by atoms with Crippen molar-refractivity contribution in [3.8, 4) is 0 Å². The molecule has 12 heavy (non-hydrogen) atoms. The minimum atomic E-state index is -4.70. The van der Waals surface area contributed by atoms with Crippen molar-refractivity contribution in [2.24, 2.45) is 0 Å². The molecule has 0 aliphatic rings. The smallest absolute Gasteiger partial charge is 0.746 e. The van der Waals surface area contributed by atoms with Gasteiger partial charge in [0.1, 0.15) is 10.1 Å². The Kier molecular flexibility index (Phi) is 7.06. The Morgan fingerprint density at radius 1 is 1.58 bits per heavy atom. The van der Waals surface area contributed by atoms with Crippen LogP contribution < -0.4 is 29.6 Å². The van der Waals surface area contributed by atoms with E-state index in [0.29, 0.717) is 0 Å². The number of rotatable bonds is 4. The standard InChI is InChI=1S/C5H12O5S.Na/c1-3-5(6,4-10-2)11(7,8)9;/h6H,3-4H2,1-2H3,(H,7,8,9);/q;+1/p-1. The van der Waals surface area contributed by atoms with Crippen LogP contribution >= 0.6 is 0 Å². The molecule has 0 aromatic carbocycles. The van der Waals surface area contributed by atoms with Gasteiger partial charge in [0, 0.05) is 7.11 Å². The molecule has 0 bridgehead atoms. The molecule has 1 unspecified atom stereocenters. The van der Waals surface area contributed by atoms with Gasteiger partial charge in [-0.2, -0.15) is 0 Å². The number of ether oxygens (including phenoxy) is 1. The molecule has 0 aromatic heterocycles. The Morgan fingerprint density at radius 3 is 2.08 bits per heavy atom. The molecule has 68 valence electrons. The van der Waals surface area contributed by atoms with E-state index in [2.05, 4.69) is 4.74 Å². The van der Waals surface area contributed by atoms with Gasteiger partial charge >= 0.3 is 29.6 Å². The summed E-state index contributed by atoms with van der Waals surface area (Å²) in [5, 5.41) is 9.13. The van der Waals surface area contributed by atoms with E-state index in [9.17, 15) is 13.0 Å². The number of methoxy groups -OCH3 is 1. The fourth-order valence-corrected chi connectivity index (χ4v) is 1.19. The summed E-state index contributed by atoms with van der Waals surface area (Å²) in [6.45, 7) is 0.907. The van der Waals surface area contributed by atoms with Gasteiger partial charge in [-0.05, 0) is 6.42 Å². The van der Waals surface area contributed by atoms with Crippen molar-refractivity contribution in [2.75, 3.05) is 13.7 Å². The molecule has 5 nitrogen and oxygen atoms in total. The van der Waals surface area contributed by atoms with Crippen LogP contribution in [0.5, 0.6) is 0 Å². The van der Waals surface area contributed by atoms with Gasteiger partial charge in [-0.3, -0.25) is 0 Å². The van der Waals surface area contributed by atoms with Crippen LogP contribution in [0.3, 0.4) is 0 Å². The molecular formula is C5H11NaO5S. The van der Waals surface area contributed by atoms with E-state index < -0.39 is 21.7 Å². The van der Waals surface area contributed by atoms with Crippen LogP contribution in [0.4, 0.5) is 0 Å². The quantitative estimate of drug-likeness (QED) is 0.377. The summed E-state index contributed by atoms with van der Waals surface area (Å²) < 4.78 is 35.6. The van der Waals surface area contributed by atoms with Crippen molar-refractivity contribution >= 4 is 10.1 Å². The Morgan fingerprint density at radius 2 is 2.00 bits per heavy atom. The molecule has 0 aliphatic carbocycles. The number of hydrogen-bond acceptors (Lipinski definition) is 5. The summed E-state index contributed by atoms with van der Waals surface area (Å²) in [7, 11) is -3.48. The van der Waals surface area contributed by atoms with Crippen molar-refractivity contribution in [1.82, 2.24) is 0 Å². The van der Waals surface area contributed by atoms with Crippen LogP contribution in [-0.4, -0.2) is 36.7 Å². The fourth-order valence-electron chi connectivity index (χ4n) is 0.577. The van der Waals surface area contributed by atoms with E-state index in [0.717, 1.165) is 0 Å². The summed E-state index contributed by atoms with van der Waals surface area (Å²) in [5.41, 5.74) is 0. The maximum absolute atomic E-state index is 10.4. The molecule has 0 aliphatic heterocycles. The van der Waals surface area contributed by atoms with Gasteiger partial charge in [0.2, 0.25) is 0 Å². The Labute approximate surface area is 94.1 Å². The van der Waals surface area contributed by atoms with Crippen LogP contribution in [0, 0.1) is 0 Å². The van der Waals surface area contributed by atoms with Crippen LogP contribution in [0.15, 0.2) is 0 Å². The Hall–Kier alpha value is 0.830. The molecular weight excluding hydrogens is 195 g/mol. The molecule has 0 radical (unpaired) electrons. The fraction of sp³-hybridized carbons (Fsp3) is 1.00. The summed E-state index contributed by atoms with van der Waals surface area (Å²) >= 11 is 0. The van der Waals surface area contributed by atoms with E-state index in [1.165, 1.54) is 14.0 Å². The van der Waals surface area contributed by atoms with Crippen molar-refractivity contribution in [2.45, 2.75) is 18.3 Å². The summed E-state index contributed by atoms with van der Waals surface area (Å²) in [5.74, 6) is 0. The average Bonchev–Trinajstić information content (AvgIpc) is 1.86. The molecule has 0 saturated heterocycles. The van der Waals surface area contributed by atoms with Crippen molar-refractivity contribution in [3.05, 3.63) is 0 Å². The summed E-state index contributed by atoms with van der Waals surface area (Å²) in [6, 6.07) is 0. The molecule has 7 heteroatoms. The third-order valence-electron chi connectivity index (χ3n) is 1.39. The van der Waals surface area contributed by atoms with Crippen molar-refractivity contribution in [3.63, 3.8) is 0 Å². The van der Waals surface area contributed by atoms with Gasteiger partial charge in [-0.1, -0.05) is 6.92 Å². The van der Waals surface area contributed by atoms with E-state index >= 15 is 0 Å². The van der Waals surface area contributed by atoms with Gasteiger partial charge in [-0.25, -0.2) is 8.42 Å². The monoisotopic (exact) mass is 206 g/mol. The maximum atomic E-state index is 10.4. The first kappa shape index (κ1) is 15.3. The molecule has 0 saturated carbocycles. The molecule has 0 rings (SSSR count). The molecule has 0 heterocycles. The zero-order valence-electron chi connectivity index (χ0n) is 7.40. The van der Waals surface area contributed by atoms with E-state index in [1.807, 2.05) is 0 Å². The largest absolute Gasteiger partial charge is 1.00 e. The van der Waals surface area contributed by atoms with Crippen molar-refractivity contribution in [1.29, 1.82) is 0 Å². The molecule has 1 N–H and O–H groups in total. The molecule has 0 amide bonds. The minimum absolute atomic E-state index is 0. The second-order valence-electron chi connectivity index (χ2n) is 2.19. The second kappa shape index (κ2) is 5.54. The van der Waals surface area contributed by atoms with Crippen LogP contribution in [0.2, 0.25) is 0 Å². The third-order valence-corrected chi connectivity index (χ3v) is 2.72. The second-order valence-corrected chi connectivity index (χ2v) is 3.86. The third kappa shape index (κ3) is 3.69. The first-order chi connectivity index (χ1) is 4.87. The average molecular weight is 206 g/mol. The van der Waals surface area contributed by atoms with Crippen LogP contribution in [-0.2, 0) is 14.9 Å². The molecule has 1 atom stereocenters. The first-order valence-electron chi connectivity index (χ1n) is 3.04. The molecule has 0 aromatic rings. The van der Waals surface area contributed by atoms with Gasteiger partial charge in [0.25, 0.3) is 0 Å². The maximum Gasteiger partial charge on any atom is 1.00 e. The first-order valence-corrected chi connectivity index (χ1v) is 4.45. The SMILES string of the molecule is CCC(O)(COC)S(=O)(=O)[O-].[Na+]. The van der Waals surface area contributed by atoms with Gasteiger partial charge in [0.15, 0.2) is 4.93 Å². The number of aliphatic hydroxyl groups is 1. The van der Waals surface area contributed by atoms with Crippen LogP contribution in [0.25, 0.3) is 0 Å². The molecule has 0 fully saturated rings. The zero-order chi connectivity index (χ0) is 9.12. The van der Waals surface area contributed by atoms with E-state index in [1.54, 1.807) is 0 Å².